The molecule has 0 radical (unpaired) electrons. The molecule has 0 aromatic rings. The van der Waals surface area contributed by atoms with Crippen LogP contribution in [0.3, 0.4) is 0 Å². The Balaban J connectivity index is 1.85. The van der Waals surface area contributed by atoms with Crippen LogP contribution < -0.4 is 0 Å². The van der Waals surface area contributed by atoms with Gasteiger partial charge in [0.15, 0.2) is 0 Å². The van der Waals surface area contributed by atoms with Gasteiger partial charge < -0.3 is 14.3 Å². The van der Waals surface area contributed by atoms with E-state index in [1.807, 2.05) is 0 Å². The first kappa shape index (κ1) is 22.9. The number of nitrogens with zero attached hydrogens (tertiary/aromatic N) is 1. The van der Waals surface area contributed by atoms with E-state index in [9.17, 15) is 5.11 Å². The van der Waals surface area contributed by atoms with Gasteiger partial charge in [-0.1, -0.05) is 84.0 Å². The van der Waals surface area contributed by atoms with Crippen molar-refractivity contribution in [2.45, 2.75) is 96.8 Å². The van der Waals surface area contributed by atoms with Gasteiger partial charge in [-0.3, -0.25) is 0 Å². The largest absolute Gasteiger partial charge is 0.391 e. The molecule has 1 saturated heterocycles. The smallest absolute Gasteiger partial charge is 0.103 e. The molecule has 0 aromatic carbocycles. The quantitative estimate of drug-likeness (QED) is 0.283. The zero-order chi connectivity index (χ0) is 18.1. The zero-order valence-electron chi connectivity index (χ0n) is 17.2. The summed E-state index contributed by atoms with van der Waals surface area (Å²) in [7, 11) is 0. The van der Waals surface area contributed by atoms with Gasteiger partial charge in [0, 0.05) is 0 Å². The van der Waals surface area contributed by atoms with Gasteiger partial charge in [-0.25, -0.2) is 0 Å². The maximum Gasteiger partial charge on any atom is 0.103 e. The molecule has 0 unspecified atom stereocenters. The van der Waals surface area contributed by atoms with Crippen LogP contribution >= 0.6 is 0 Å². The summed E-state index contributed by atoms with van der Waals surface area (Å²) in [4.78, 5) is 0. The van der Waals surface area contributed by atoms with E-state index >= 15 is 0 Å². The van der Waals surface area contributed by atoms with Crippen LogP contribution in [0.5, 0.6) is 0 Å². The van der Waals surface area contributed by atoms with E-state index in [0.717, 1.165) is 37.3 Å². The number of aliphatic hydroxyl groups is 1. The second-order valence-electron chi connectivity index (χ2n) is 8.17. The lowest BCUT2D eigenvalue weighted by Crippen LogP contribution is -2.56. The fourth-order valence-corrected chi connectivity index (χ4v) is 4.14. The van der Waals surface area contributed by atoms with Gasteiger partial charge in [0.25, 0.3) is 0 Å². The van der Waals surface area contributed by atoms with E-state index in [1.54, 1.807) is 0 Å². The van der Waals surface area contributed by atoms with Crippen LogP contribution in [-0.2, 0) is 4.74 Å². The molecule has 1 aliphatic heterocycles. The predicted molar refractivity (Wildman–Crippen MR) is 108 cm³/mol. The number of quaternary nitrogens is 1. The molecular weight excluding hydrogens is 310 g/mol. The fourth-order valence-electron chi connectivity index (χ4n) is 4.14. The molecule has 1 heterocycles. The Labute approximate surface area is 157 Å². The van der Waals surface area contributed by atoms with Crippen LogP contribution in [0.4, 0.5) is 0 Å². The highest BCUT2D eigenvalue weighted by atomic mass is 16.5. The number of morpholine rings is 1. The first-order valence-electron chi connectivity index (χ1n) is 11.4. The molecule has 0 spiro atoms. The van der Waals surface area contributed by atoms with E-state index in [0.29, 0.717) is 6.61 Å². The summed E-state index contributed by atoms with van der Waals surface area (Å²) >= 11 is 0. The zero-order valence-corrected chi connectivity index (χ0v) is 17.2. The van der Waals surface area contributed by atoms with E-state index in [2.05, 4.69) is 6.92 Å². The molecule has 0 atom stereocenters. The third kappa shape index (κ3) is 12.0. The average molecular weight is 357 g/mol. The Morgan fingerprint density at radius 2 is 1.08 bits per heavy atom. The summed E-state index contributed by atoms with van der Waals surface area (Å²) in [6.45, 7) is 8.70. The highest BCUT2D eigenvalue weighted by molar-refractivity contribution is 4.53. The summed E-state index contributed by atoms with van der Waals surface area (Å²) in [5.41, 5.74) is 0. The minimum atomic E-state index is 0.318. The third-order valence-corrected chi connectivity index (χ3v) is 5.98. The van der Waals surface area contributed by atoms with Crippen molar-refractivity contribution >= 4 is 0 Å². The van der Waals surface area contributed by atoms with Crippen molar-refractivity contribution in [2.75, 3.05) is 46.0 Å². The van der Waals surface area contributed by atoms with E-state index < -0.39 is 0 Å². The van der Waals surface area contributed by atoms with Gasteiger partial charge in [-0.2, -0.15) is 0 Å². The monoisotopic (exact) mass is 356 g/mol. The first-order valence-corrected chi connectivity index (χ1v) is 11.4. The van der Waals surface area contributed by atoms with Crippen molar-refractivity contribution in [1.82, 2.24) is 0 Å². The maximum atomic E-state index is 9.34. The maximum absolute atomic E-state index is 9.34. The van der Waals surface area contributed by atoms with Gasteiger partial charge in [-0.15, -0.1) is 0 Å². The molecule has 0 saturated carbocycles. The van der Waals surface area contributed by atoms with Gasteiger partial charge in [-0.05, 0) is 12.8 Å². The second kappa shape index (κ2) is 16.1. The van der Waals surface area contributed by atoms with Gasteiger partial charge in [0.05, 0.1) is 26.4 Å². The summed E-state index contributed by atoms with van der Waals surface area (Å²) < 4.78 is 6.59. The highest BCUT2D eigenvalue weighted by Crippen LogP contribution is 2.16. The average Bonchev–Trinajstić information content (AvgIpc) is 2.63. The number of aliphatic hydroxyl groups excluding tert-OH is 1. The SMILES string of the molecule is CCCCCCCCCCCCCCCC[N+]1(CCO)CCOCC1. The van der Waals surface area contributed by atoms with E-state index in [4.69, 9.17) is 4.74 Å². The third-order valence-electron chi connectivity index (χ3n) is 5.98. The lowest BCUT2D eigenvalue weighted by molar-refractivity contribution is -0.935. The second-order valence-corrected chi connectivity index (χ2v) is 8.17. The van der Waals surface area contributed by atoms with Gasteiger partial charge >= 0.3 is 0 Å². The molecule has 0 amide bonds. The highest BCUT2D eigenvalue weighted by Gasteiger charge is 2.28. The minimum absolute atomic E-state index is 0.318. The molecular formula is C22H46NO2+. The van der Waals surface area contributed by atoms with Crippen LogP contribution in [0.15, 0.2) is 0 Å². The van der Waals surface area contributed by atoms with Crippen molar-refractivity contribution in [3.63, 3.8) is 0 Å². The van der Waals surface area contributed by atoms with Crippen molar-refractivity contribution in [3.05, 3.63) is 0 Å². The summed E-state index contributed by atoms with van der Waals surface area (Å²) in [5.74, 6) is 0. The molecule has 150 valence electrons. The Kier molecular flexibility index (Phi) is 14.7. The lowest BCUT2D eigenvalue weighted by atomic mass is 10.0. The standard InChI is InChI=1S/C22H46NO2/c1-2-3-4-5-6-7-8-9-10-11-12-13-14-15-16-23(17-20-24)18-21-25-22-19-23/h24H,2-22H2,1H3/q+1. The molecule has 0 aromatic heterocycles. The molecule has 1 aliphatic rings. The molecule has 25 heavy (non-hydrogen) atoms. The summed E-state index contributed by atoms with van der Waals surface area (Å²) in [5, 5.41) is 9.34. The Morgan fingerprint density at radius 3 is 1.52 bits per heavy atom. The summed E-state index contributed by atoms with van der Waals surface area (Å²) in [6.07, 6.45) is 19.9. The Bertz CT molecular complexity index is 272. The molecule has 1 N–H and O–H groups in total. The Morgan fingerprint density at radius 1 is 0.640 bits per heavy atom. The van der Waals surface area contributed by atoms with Crippen LogP contribution in [0, 0.1) is 0 Å². The number of hydrogen-bond acceptors (Lipinski definition) is 2. The van der Waals surface area contributed by atoms with E-state index in [-0.39, 0.29) is 0 Å². The normalized spacial score (nSPS) is 17.0. The molecule has 0 aliphatic carbocycles. The lowest BCUT2D eigenvalue weighted by Gasteiger charge is -2.41. The molecule has 1 fully saturated rings. The molecule has 3 heteroatoms. The first-order chi connectivity index (χ1) is 12.3. The van der Waals surface area contributed by atoms with Gasteiger partial charge in [0.1, 0.15) is 19.6 Å². The van der Waals surface area contributed by atoms with E-state index in [1.165, 1.54) is 96.4 Å². The van der Waals surface area contributed by atoms with Crippen molar-refractivity contribution in [3.8, 4) is 0 Å². The van der Waals surface area contributed by atoms with Crippen LogP contribution in [0.1, 0.15) is 96.8 Å². The molecule has 0 bridgehead atoms. The topological polar surface area (TPSA) is 29.5 Å². The predicted octanol–water partition coefficient (Wildman–Crippen LogP) is 5.31. The molecule has 3 nitrogen and oxygen atoms in total. The summed E-state index contributed by atoms with van der Waals surface area (Å²) in [6, 6.07) is 0. The number of unbranched alkanes of at least 4 members (excludes halogenated alkanes) is 13. The Hall–Kier alpha value is -0.120. The minimum Gasteiger partial charge on any atom is -0.391 e. The van der Waals surface area contributed by atoms with Gasteiger partial charge in [0.2, 0.25) is 0 Å². The van der Waals surface area contributed by atoms with Crippen LogP contribution in [0.2, 0.25) is 0 Å². The van der Waals surface area contributed by atoms with Crippen LogP contribution in [0.25, 0.3) is 0 Å². The number of ether oxygens (including phenoxy) is 1. The van der Waals surface area contributed by atoms with Crippen molar-refractivity contribution < 1.29 is 14.3 Å². The van der Waals surface area contributed by atoms with Crippen molar-refractivity contribution in [1.29, 1.82) is 0 Å². The fraction of sp³-hybridized carbons (Fsp3) is 1.00. The van der Waals surface area contributed by atoms with Crippen LogP contribution in [-0.4, -0.2) is 55.6 Å². The molecule has 1 rings (SSSR count). The van der Waals surface area contributed by atoms with Crippen molar-refractivity contribution in [2.24, 2.45) is 0 Å². The number of hydrogen-bond donors (Lipinski definition) is 1. The number of rotatable bonds is 17.